The van der Waals surface area contributed by atoms with Gasteiger partial charge in [-0.2, -0.15) is 0 Å². The van der Waals surface area contributed by atoms with Crippen LogP contribution in [0.3, 0.4) is 0 Å². The van der Waals surface area contributed by atoms with Gasteiger partial charge >= 0.3 is 0 Å². The first kappa shape index (κ1) is 21.3. The summed E-state index contributed by atoms with van der Waals surface area (Å²) < 4.78 is 12.6. The average molecular weight is 456 g/mol. The van der Waals surface area contributed by atoms with Gasteiger partial charge in [-0.25, -0.2) is 0 Å². The fourth-order valence-electron chi connectivity index (χ4n) is 6.05. The Bertz CT molecular complexity index is 1310. The molecule has 6 rings (SSSR count). The van der Waals surface area contributed by atoms with Crippen LogP contribution in [0.5, 0.6) is 11.5 Å². The molecule has 1 unspecified atom stereocenters. The van der Waals surface area contributed by atoms with Crippen LogP contribution >= 0.6 is 0 Å². The van der Waals surface area contributed by atoms with Crippen molar-refractivity contribution in [3.8, 4) is 11.5 Å². The number of benzene rings is 3. The van der Waals surface area contributed by atoms with Crippen molar-refractivity contribution >= 4 is 34.0 Å². The van der Waals surface area contributed by atoms with Crippen molar-refractivity contribution < 1.29 is 9.47 Å². The van der Waals surface area contributed by atoms with Gasteiger partial charge in [0, 0.05) is 48.4 Å². The van der Waals surface area contributed by atoms with E-state index in [0.717, 1.165) is 47.3 Å². The van der Waals surface area contributed by atoms with E-state index in [-0.39, 0.29) is 5.41 Å². The van der Waals surface area contributed by atoms with E-state index in [1.165, 1.54) is 29.5 Å². The molecule has 3 aromatic carbocycles. The summed E-state index contributed by atoms with van der Waals surface area (Å²) in [4.78, 5) is 9.84. The lowest BCUT2D eigenvalue weighted by Gasteiger charge is -2.45. The zero-order chi connectivity index (χ0) is 23.7. The highest BCUT2D eigenvalue weighted by atomic mass is 16.5. The Kier molecular flexibility index (Phi) is 4.64. The number of likely N-dealkylation sites (N-methyl/N-ethyl adjacent to an activating group) is 1. The van der Waals surface area contributed by atoms with Gasteiger partial charge in [0.2, 0.25) is 5.72 Å². The molecule has 3 aromatic rings. The zero-order valence-corrected chi connectivity index (χ0v) is 20.8. The Morgan fingerprint density at radius 3 is 2.47 bits per heavy atom. The fourth-order valence-corrected chi connectivity index (χ4v) is 6.05. The number of piperidine rings is 1. The Labute approximate surface area is 202 Å². The smallest absolute Gasteiger partial charge is 0.228 e. The van der Waals surface area contributed by atoms with Crippen LogP contribution in [0, 0.1) is 5.92 Å². The summed E-state index contributed by atoms with van der Waals surface area (Å²) in [6, 6.07) is 17.1. The van der Waals surface area contributed by atoms with Crippen molar-refractivity contribution in [2.24, 2.45) is 10.9 Å². The molecule has 176 valence electrons. The fraction of sp³-hybridized carbons (Fsp3) is 0.414. The number of fused-ring (bicyclic) bond motifs is 4. The van der Waals surface area contributed by atoms with E-state index >= 15 is 0 Å². The third-order valence-electron chi connectivity index (χ3n) is 8.35. The minimum atomic E-state index is -0.717. The Balaban J connectivity index is 1.49. The van der Waals surface area contributed by atoms with Gasteiger partial charge in [-0.3, -0.25) is 4.99 Å². The molecule has 0 radical (unpaired) electrons. The molecule has 5 nitrogen and oxygen atoms in total. The predicted molar refractivity (Wildman–Crippen MR) is 140 cm³/mol. The van der Waals surface area contributed by atoms with Crippen molar-refractivity contribution in [1.82, 2.24) is 0 Å². The van der Waals surface area contributed by atoms with Gasteiger partial charge in [0.25, 0.3) is 0 Å². The highest BCUT2D eigenvalue weighted by molar-refractivity contribution is 6.06. The quantitative estimate of drug-likeness (QED) is 0.454. The molecule has 0 bridgehead atoms. The average Bonchev–Trinajstić information content (AvgIpc) is 3.01. The summed E-state index contributed by atoms with van der Waals surface area (Å²) in [7, 11) is 3.82. The highest BCUT2D eigenvalue weighted by Gasteiger charge is 2.58. The standard InChI is InChI=1S/C29H33N3O2/c1-19-12-14-32(15-13-19)25-17-26-27(22-9-7-6-8-21(22)25)30-18-29(34-26)28(2,3)23-16-20(33-5)10-11-24(23)31(29)4/h6-11,16-19H,12-15H2,1-5H3. The van der Waals surface area contributed by atoms with E-state index < -0.39 is 5.72 Å². The highest BCUT2D eigenvalue weighted by Crippen LogP contribution is 2.55. The lowest BCUT2D eigenvalue weighted by molar-refractivity contribution is 0.0826. The van der Waals surface area contributed by atoms with E-state index in [4.69, 9.17) is 14.5 Å². The molecule has 1 atom stereocenters. The van der Waals surface area contributed by atoms with Crippen LogP contribution in [0.4, 0.5) is 17.1 Å². The first-order valence-corrected chi connectivity index (χ1v) is 12.3. The maximum Gasteiger partial charge on any atom is 0.228 e. The van der Waals surface area contributed by atoms with E-state index in [0.29, 0.717) is 0 Å². The van der Waals surface area contributed by atoms with Gasteiger partial charge in [0.1, 0.15) is 11.4 Å². The molecule has 0 saturated carbocycles. The molecule has 0 aromatic heterocycles. The zero-order valence-electron chi connectivity index (χ0n) is 20.8. The summed E-state index contributed by atoms with van der Waals surface area (Å²) in [5, 5.41) is 2.40. The topological polar surface area (TPSA) is 37.3 Å². The molecule has 5 heteroatoms. The van der Waals surface area contributed by atoms with Crippen molar-refractivity contribution in [3.63, 3.8) is 0 Å². The minimum Gasteiger partial charge on any atom is -0.497 e. The van der Waals surface area contributed by atoms with E-state index in [1.54, 1.807) is 7.11 Å². The number of rotatable bonds is 2. The molecule has 1 fully saturated rings. The largest absolute Gasteiger partial charge is 0.497 e. The van der Waals surface area contributed by atoms with E-state index in [9.17, 15) is 0 Å². The molecule has 3 heterocycles. The molecule has 1 saturated heterocycles. The van der Waals surface area contributed by atoms with Gasteiger partial charge in [-0.05, 0) is 56.4 Å². The Morgan fingerprint density at radius 1 is 1.00 bits per heavy atom. The number of ether oxygens (including phenoxy) is 2. The Hall–Kier alpha value is -3.21. The van der Waals surface area contributed by atoms with Crippen LogP contribution in [0.15, 0.2) is 53.5 Å². The van der Waals surface area contributed by atoms with Crippen LogP contribution in [-0.2, 0) is 5.41 Å². The van der Waals surface area contributed by atoms with Crippen molar-refractivity contribution in [2.45, 2.75) is 44.8 Å². The first-order chi connectivity index (χ1) is 16.4. The maximum absolute atomic E-state index is 7.03. The van der Waals surface area contributed by atoms with Crippen LogP contribution in [0.2, 0.25) is 0 Å². The van der Waals surface area contributed by atoms with Gasteiger partial charge in [0.05, 0.1) is 18.7 Å². The van der Waals surface area contributed by atoms with Crippen LogP contribution in [0.25, 0.3) is 10.8 Å². The second-order valence-electron chi connectivity index (χ2n) is 10.6. The van der Waals surface area contributed by atoms with Crippen molar-refractivity contribution in [1.29, 1.82) is 0 Å². The minimum absolute atomic E-state index is 0.334. The summed E-state index contributed by atoms with van der Waals surface area (Å²) in [6.45, 7) is 8.98. The summed E-state index contributed by atoms with van der Waals surface area (Å²) in [6.07, 6.45) is 4.46. The monoisotopic (exact) mass is 455 g/mol. The molecule has 3 aliphatic heterocycles. The third kappa shape index (κ3) is 2.82. The molecular formula is C29H33N3O2. The van der Waals surface area contributed by atoms with Gasteiger partial charge in [-0.1, -0.05) is 31.2 Å². The lowest BCUT2D eigenvalue weighted by Crippen LogP contribution is -2.61. The summed E-state index contributed by atoms with van der Waals surface area (Å²) in [5.41, 5.74) is 3.48. The summed E-state index contributed by atoms with van der Waals surface area (Å²) in [5.74, 6) is 2.50. The molecule has 0 N–H and O–H groups in total. The van der Waals surface area contributed by atoms with Gasteiger partial charge in [0.15, 0.2) is 5.75 Å². The Morgan fingerprint density at radius 2 is 1.74 bits per heavy atom. The second-order valence-corrected chi connectivity index (χ2v) is 10.6. The molecule has 0 aliphatic carbocycles. The molecule has 34 heavy (non-hydrogen) atoms. The molecule has 1 spiro atoms. The van der Waals surface area contributed by atoms with Crippen molar-refractivity contribution in [2.75, 3.05) is 37.0 Å². The van der Waals surface area contributed by atoms with Crippen LogP contribution in [0.1, 0.15) is 39.2 Å². The predicted octanol–water partition coefficient (Wildman–Crippen LogP) is 6.30. The van der Waals surface area contributed by atoms with Crippen molar-refractivity contribution in [3.05, 3.63) is 54.1 Å². The second kappa shape index (κ2) is 7.39. The number of aliphatic imine (C=N–C) groups is 1. The molecular weight excluding hydrogens is 422 g/mol. The number of anilines is 2. The van der Waals surface area contributed by atoms with Gasteiger partial charge in [-0.15, -0.1) is 0 Å². The van der Waals surface area contributed by atoms with Crippen LogP contribution in [-0.4, -0.2) is 39.2 Å². The number of methoxy groups -OCH3 is 1. The number of hydrogen-bond donors (Lipinski definition) is 0. The number of nitrogens with zero attached hydrogens (tertiary/aromatic N) is 3. The summed E-state index contributed by atoms with van der Waals surface area (Å²) >= 11 is 0. The molecule has 0 amide bonds. The SMILES string of the molecule is COc1ccc2c(c1)C(C)(C)C1(C=Nc3c(cc(N4CCC(C)CC4)c4ccccc34)O1)N2C. The lowest BCUT2D eigenvalue weighted by atomic mass is 9.77. The number of hydrogen-bond acceptors (Lipinski definition) is 5. The first-order valence-electron chi connectivity index (χ1n) is 12.3. The van der Waals surface area contributed by atoms with Crippen LogP contribution < -0.4 is 19.3 Å². The van der Waals surface area contributed by atoms with E-state index in [2.05, 4.69) is 80.1 Å². The van der Waals surface area contributed by atoms with E-state index in [1.807, 2.05) is 12.3 Å². The molecule has 3 aliphatic rings. The third-order valence-corrected chi connectivity index (χ3v) is 8.35. The normalized spacial score (nSPS) is 23.2. The maximum atomic E-state index is 7.03. The van der Waals surface area contributed by atoms with Gasteiger partial charge < -0.3 is 19.3 Å².